The summed E-state index contributed by atoms with van der Waals surface area (Å²) in [5.74, 6) is 2.77. The van der Waals surface area contributed by atoms with Gasteiger partial charge in [0.05, 0.1) is 33.5 Å². The Morgan fingerprint density at radius 2 is 1.50 bits per heavy atom. The fourth-order valence-electron chi connectivity index (χ4n) is 3.71. The predicted molar refractivity (Wildman–Crippen MR) is 146 cm³/mol. The smallest absolute Gasteiger partial charge is 0.228 e. The molecule has 0 unspecified atom stereocenters. The van der Waals surface area contributed by atoms with Gasteiger partial charge in [-0.15, -0.1) is 0 Å². The minimum absolute atomic E-state index is 0.524. The number of hydrogen-bond donors (Lipinski definition) is 3. The van der Waals surface area contributed by atoms with E-state index in [0.717, 1.165) is 30.0 Å². The number of aromatic nitrogens is 3. The number of aryl methyl sites for hydroxylation is 1. The Kier molecular flexibility index (Phi) is 16.2. The third-order valence-electron chi connectivity index (χ3n) is 5.68. The van der Waals surface area contributed by atoms with E-state index in [1.54, 1.807) is 7.11 Å². The van der Waals surface area contributed by atoms with Gasteiger partial charge in [-0.05, 0) is 24.1 Å². The van der Waals surface area contributed by atoms with Gasteiger partial charge >= 0.3 is 0 Å². The van der Waals surface area contributed by atoms with Gasteiger partial charge in [0.1, 0.15) is 11.6 Å². The maximum absolute atomic E-state index is 5.59. The summed E-state index contributed by atoms with van der Waals surface area (Å²) in [6.45, 7) is 6.16. The molecule has 0 saturated carbocycles. The molecule has 1 aromatic heterocycles. The number of nitrogens with two attached hydrogens (primary N) is 1. The van der Waals surface area contributed by atoms with E-state index in [1.165, 1.54) is 44.9 Å². The highest BCUT2D eigenvalue weighted by Crippen LogP contribution is 2.15. The highest BCUT2D eigenvalue weighted by molar-refractivity contribution is 5.36. The molecule has 0 aliphatic heterocycles. The number of rotatable bonds is 22. The van der Waals surface area contributed by atoms with Gasteiger partial charge in [-0.25, -0.2) is 0 Å². The second-order valence-corrected chi connectivity index (χ2v) is 8.77. The number of nitrogens with zero attached hydrogens (tertiary/aromatic N) is 3. The van der Waals surface area contributed by atoms with Crippen molar-refractivity contribution in [2.24, 2.45) is 5.73 Å². The van der Waals surface area contributed by atoms with Crippen LogP contribution in [0.4, 0.5) is 11.9 Å². The molecule has 0 atom stereocenters. The molecule has 2 rings (SSSR count). The molecule has 1 aromatic carbocycles. The summed E-state index contributed by atoms with van der Waals surface area (Å²) in [5.41, 5.74) is 6.51. The molecule has 0 amide bonds. The van der Waals surface area contributed by atoms with Crippen molar-refractivity contribution in [1.29, 1.82) is 0 Å². The molecule has 0 bridgehead atoms. The highest BCUT2D eigenvalue weighted by atomic mass is 16.5. The molecule has 9 heteroatoms. The van der Waals surface area contributed by atoms with Crippen LogP contribution in [0.25, 0.3) is 0 Å². The lowest BCUT2D eigenvalue weighted by molar-refractivity contribution is 0.0547. The summed E-state index contributed by atoms with van der Waals surface area (Å²) in [5, 5.41) is 6.60. The van der Waals surface area contributed by atoms with Crippen molar-refractivity contribution in [2.75, 3.05) is 57.3 Å². The van der Waals surface area contributed by atoms with E-state index in [-0.39, 0.29) is 0 Å². The van der Waals surface area contributed by atoms with E-state index < -0.39 is 0 Å². The Labute approximate surface area is 216 Å². The molecule has 0 aliphatic rings. The first kappa shape index (κ1) is 29.7. The highest BCUT2D eigenvalue weighted by Gasteiger charge is 2.07. The summed E-state index contributed by atoms with van der Waals surface area (Å²) >= 11 is 0. The van der Waals surface area contributed by atoms with Gasteiger partial charge in [-0.1, -0.05) is 64.0 Å². The van der Waals surface area contributed by atoms with Crippen LogP contribution in [0, 0.1) is 0 Å². The summed E-state index contributed by atoms with van der Waals surface area (Å²) in [4.78, 5) is 13.9. The number of benzene rings is 1. The summed E-state index contributed by atoms with van der Waals surface area (Å²) in [6.07, 6.45) is 11.0. The van der Waals surface area contributed by atoms with Gasteiger partial charge in [-0.3, -0.25) is 0 Å². The van der Waals surface area contributed by atoms with Crippen molar-refractivity contribution in [1.82, 2.24) is 15.0 Å². The lowest BCUT2D eigenvalue weighted by Gasteiger charge is -2.11. The average molecular weight is 503 g/mol. The minimum Gasteiger partial charge on any atom is -0.497 e. The van der Waals surface area contributed by atoms with Crippen molar-refractivity contribution in [3.63, 3.8) is 0 Å². The molecule has 36 heavy (non-hydrogen) atoms. The van der Waals surface area contributed by atoms with Crippen molar-refractivity contribution in [3.05, 3.63) is 35.7 Å². The molecule has 4 N–H and O–H groups in total. The van der Waals surface area contributed by atoms with Crippen LogP contribution in [-0.2, 0) is 22.4 Å². The molecular formula is C27H46N6O3. The van der Waals surface area contributed by atoms with Gasteiger partial charge in [0.25, 0.3) is 0 Å². The normalized spacial score (nSPS) is 11.0. The second kappa shape index (κ2) is 19.7. The molecule has 0 spiro atoms. The zero-order chi connectivity index (χ0) is 25.7. The van der Waals surface area contributed by atoms with E-state index in [0.29, 0.717) is 58.0 Å². The van der Waals surface area contributed by atoms with Crippen molar-refractivity contribution < 1.29 is 14.2 Å². The number of ether oxygens (including phenoxy) is 3. The lowest BCUT2D eigenvalue weighted by atomic mass is 10.1. The molecule has 0 saturated heterocycles. The maximum Gasteiger partial charge on any atom is 0.228 e. The van der Waals surface area contributed by atoms with Crippen LogP contribution in [-0.4, -0.2) is 61.6 Å². The number of hydrogen-bond acceptors (Lipinski definition) is 9. The molecule has 202 valence electrons. The lowest BCUT2D eigenvalue weighted by Crippen LogP contribution is -2.17. The van der Waals surface area contributed by atoms with Crippen LogP contribution in [0.5, 0.6) is 5.75 Å². The van der Waals surface area contributed by atoms with Crippen LogP contribution >= 0.6 is 0 Å². The zero-order valence-corrected chi connectivity index (χ0v) is 22.3. The SMILES string of the molecule is CCCCCCCCCCc1nc(NCCOCCOCCN)nc(NCc2cccc(OC)c2)n1. The van der Waals surface area contributed by atoms with E-state index in [1.807, 2.05) is 24.3 Å². The topological polar surface area (TPSA) is 116 Å². The number of methoxy groups -OCH3 is 1. The van der Waals surface area contributed by atoms with Crippen LogP contribution < -0.4 is 21.1 Å². The van der Waals surface area contributed by atoms with Gasteiger partial charge in [0.2, 0.25) is 11.9 Å². The summed E-state index contributed by atoms with van der Waals surface area (Å²) in [7, 11) is 1.67. The first-order valence-corrected chi connectivity index (χ1v) is 13.5. The fraction of sp³-hybridized carbons (Fsp3) is 0.667. The number of nitrogens with one attached hydrogen (secondary N) is 2. The summed E-state index contributed by atoms with van der Waals surface area (Å²) in [6, 6.07) is 7.96. The van der Waals surface area contributed by atoms with Crippen molar-refractivity contribution in [3.8, 4) is 5.75 Å². The Balaban J connectivity index is 1.85. The maximum atomic E-state index is 5.59. The first-order chi connectivity index (χ1) is 17.7. The zero-order valence-electron chi connectivity index (χ0n) is 22.3. The first-order valence-electron chi connectivity index (χ1n) is 13.5. The quantitative estimate of drug-likeness (QED) is 0.199. The van der Waals surface area contributed by atoms with Gasteiger partial charge in [0, 0.05) is 26.1 Å². The van der Waals surface area contributed by atoms with Gasteiger partial charge in [0.15, 0.2) is 0 Å². The molecular weight excluding hydrogens is 456 g/mol. The van der Waals surface area contributed by atoms with Gasteiger partial charge in [-0.2, -0.15) is 15.0 Å². The third-order valence-corrected chi connectivity index (χ3v) is 5.68. The minimum atomic E-state index is 0.524. The van der Waals surface area contributed by atoms with Crippen LogP contribution in [0.1, 0.15) is 69.7 Å². The Morgan fingerprint density at radius 3 is 2.22 bits per heavy atom. The van der Waals surface area contributed by atoms with Crippen LogP contribution in [0.15, 0.2) is 24.3 Å². The van der Waals surface area contributed by atoms with Crippen molar-refractivity contribution >= 4 is 11.9 Å². The average Bonchev–Trinajstić information content (AvgIpc) is 2.90. The van der Waals surface area contributed by atoms with Crippen molar-refractivity contribution in [2.45, 2.75) is 71.3 Å². The Hall–Kier alpha value is -2.49. The molecule has 0 radical (unpaired) electrons. The number of unbranched alkanes of at least 4 members (excludes halogenated alkanes) is 7. The van der Waals surface area contributed by atoms with Crippen LogP contribution in [0.2, 0.25) is 0 Å². The van der Waals surface area contributed by atoms with E-state index in [4.69, 9.17) is 19.9 Å². The second-order valence-electron chi connectivity index (χ2n) is 8.77. The molecule has 9 nitrogen and oxygen atoms in total. The molecule has 0 fully saturated rings. The standard InChI is InChI=1S/C27H46N6O3/c1-3-4-5-6-7-8-9-10-14-25-31-26(29-16-18-36-20-19-35-17-15-28)33-27(32-25)30-22-23-12-11-13-24(21-23)34-2/h11-13,21H,3-10,14-20,22,28H2,1-2H3,(H2,29,30,31,32,33). The van der Waals surface area contributed by atoms with E-state index in [2.05, 4.69) is 32.5 Å². The molecule has 1 heterocycles. The molecule has 0 aliphatic carbocycles. The monoisotopic (exact) mass is 502 g/mol. The predicted octanol–water partition coefficient (Wildman–Crippen LogP) is 4.58. The van der Waals surface area contributed by atoms with E-state index in [9.17, 15) is 0 Å². The number of anilines is 2. The largest absolute Gasteiger partial charge is 0.497 e. The fourth-order valence-corrected chi connectivity index (χ4v) is 3.71. The Morgan fingerprint density at radius 1 is 0.806 bits per heavy atom. The van der Waals surface area contributed by atoms with Gasteiger partial charge < -0.3 is 30.6 Å². The summed E-state index contributed by atoms with van der Waals surface area (Å²) < 4.78 is 16.2. The van der Waals surface area contributed by atoms with Crippen LogP contribution in [0.3, 0.4) is 0 Å². The molecule has 2 aromatic rings. The Bertz CT molecular complexity index is 786. The van der Waals surface area contributed by atoms with E-state index >= 15 is 0 Å². The third kappa shape index (κ3) is 13.6.